The summed E-state index contributed by atoms with van der Waals surface area (Å²) in [7, 11) is 0. The van der Waals surface area contributed by atoms with E-state index >= 15 is 0 Å². The van der Waals surface area contributed by atoms with Gasteiger partial charge in [0.15, 0.2) is 0 Å². The molecule has 1 aromatic carbocycles. The molecule has 2 aliphatic rings. The van der Waals surface area contributed by atoms with Crippen LogP contribution in [0, 0.1) is 5.92 Å². The van der Waals surface area contributed by atoms with Gasteiger partial charge in [0.25, 0.3) is 0 Å². The van der Waals surface area contributed by atoms with Gasteiger partial charge in [-0.05, 0) is 24.8 Å². The standard InChI is InChI=1S/C14H16N2O3/c17-13-11-6-7-12(8-11)16(13)15-14(18)19-9-10-4-2-1-3-5-10/h1-5,11-12H,6-9H2,(H,15,18). The number of nitrogens with one attached hydrogen (secondary N) is 1. The van der Waals surface area contributed by atoms with Gasteiger partial charge in [-0.2, -0.15) is 0 Å². The summed E-state index contributed by atoms with van der Waals surface area (Å²) in [6, 6.07) is 9.61. The summed E-state index contributed by atoms with van der Waals surface area (Å²) in [4.78, 5) is 23.5. The Balaban J connectivity index is 1.51. The monoisotopic (exact) mass is 260 g/mol. The van der Waals surface area contributed by atoms with E-state index in [9.17, 15) is 9.59 Å². The van der Waals surface area contributed by atoms with Gasteiger partial charge in [0.1, 0.15) is 6.61 Å². The van der Waals surface area contributed by atoms with Gasteiger partial charge >= 0.3 is 6.09 Å². The molecule has 1 N–H and O–H groups in total. The van der Waals surface area contributed by atoms with Crippen molar-refractivity contribution in [3.05, 3.63) is 35.9 Å². The number of carbonyl (C=O) groups excluding carboxylic acids is 2. The van der Waals surface area contributed by atoms with E-state index in [-0.39, 0.29) is 24.5 Å². The van der Waals surface area contributed by atoms with Crippen molar-refractivity contribution in [1.82, 2.24) is 10.4 Å². The zero-order valence-electron chi connectivity index (χ0n) is 10.5. The maximum absolute atomic E-state index is 11.8. The lowest BCUT2D eigenvalue weighted by Gasteiger charge is -2.26. The third-order valence-electron chi connectivity index (χ3n) is 3.78. The fourth-order valence-corrected chi connectivity index (χ4v) is 2.79. The molecule has 5 nitrogen and oxygen atoms in total. The van der Waals surface area contributed by atoms with E-state index in [1.807, 2.05) is 30.3 Å². The van der Waals surface area contributed by atoms with Crippen molar-refractivity contribution >= 4 is 12.0 Å². The number of hydrogen-bond acceptors (Lipinski definition) is 3. The summed E-state index contributed by atoms with van der Waals surface area (Å²) in [5.41, 5.74) is 3.48. The molecule has 0 spiro atoms. The van der Waals surface area contributed by atoms with Gasteiger partial charge in [0, 0.05) is 5.92 Å². The minimum atomic E-state index is -0.565. The first-order valence-electron chi connectivity index (χ1n) is 6.54. The molecule has 3 rings (SSSR count). The summed E-state index contributed by atoms with van der Waals surface area (Å²) >= 11 is 0. The van der Waals surface area contributed by atoms with Crippen LogP contribution in [0.2, 0.25) is 0 Å². The third-order valence-corrected chi connectivity index (χ3v) is 3.78. The second-order valence-corrected chi connectivity index (χ2v) is 5.05. The van der Waals surface area contributed by atoms with Crippen LogP contribution in [-0.2, 0) is 16.1 Å². The molecule has 100 valence electrons. The fraction of sp³-hybridized carbons (Fsp3) is 0.429. The lowest BCUT2D eigenvalue weighted by atomic mass is 10.1. The van der Waals surface area contributed by atoms with Gasteiger partial charge < -0.3 is 4.74 Å². The summed E-state index contributed by atoms with van der Waals surface area (Å²) in [5.74, 6) is 0.118. The summed E-state index contributed by atoms with van der Waals surface area (Å²) in [6.07, 6.45) is 2.21. The average molecular weight is 260 g/mol. The highest BCUT2D eigenvalue weighted by Gasteiger charge is 2.45. The van der Waals surface area contributed by atoms with Crippen molar-refractivity contribution in [3.63, 3.8) is 0 Å². The molecule has 1 heterocycles. The molecule has 2 fully saturated rings. The van der Waals surface area contributed by atoms with E-state index in [1.54, 1.807) is 0 Å². The highest BCUT2D eigenvalue weighted by atomic mass is 16.6. The van der Waals surface area contributed by atoms with Crippen LogP contribution in [0.25, 0.3) is 0 Å². The minimum absolute atomic E-state index is 0.0212. The first kappa shape index (κ1) is 12.0. The molecular formula is C14H16N2O3. The van der Waals surface area contributed by atoms with Gasteiger partial charge in [0.05, 0.1) is 6.04 Å². The number of rotatable bonds is 3. The lowest BCUT2D eigenvalue weighted by Crippen LogP contribution is -2.49. The Labute approximate surface area is 111 Å². The van der Waals surface area contributed by atoms with Crippen molar-refractivity contribution in [2.45, 2.75) is 31.9 Å². The number of benzene rings is 1. The molecule has 2 atom stereocenters. The van der Waals surface area contributed by atoms with E-state index in [2.05, 4.69) is 5.43 Å². The molecule has 0 aromatic heterocycles. The molecule has 2 amide bonds. The Morgan fingerprint density at radius 2 is 2.11 bits per heavy atom. The molecular weight excluding hydrogens is 244 g/mol. The first-order chi connectivity index (χ1) is 9.24. The topological polar surface area (TPSA) is 58.6 Å². The van der Waals surface area contributed by atoms with Crippen LogP contribution < -0.4 is 5.43 Å². The van der Waals surface area contributed by atoms with Crippen LogP contribution >= 0.6 is 0 Å². The summed E-state index contributed by atoms with van der Waals surface area (Å²) in [5, 5.41) is 1.45. The smallest absolute Gasteiger partial charge is 0.426 e. The number of fused-ring (bicyclic) bond motifs is 2. The summed E-state index contributed by atoms with van der Waals surface area (Å²) < 4.78 is 5.10. The normalized spacial score (nSPS) is 24.6. The molecule has 2 unspecified atom stereocenters. The van der Waals surface area contributed by atoms with Crippen LogP contribution in [0.3, 0.4) is 0 Å². The lowest BCUT2D eigenvalue weighted by molar-refractivity contribution is -0.137. The highest BCUT2D eigenvalue weighted by molar-refractivity contribution is 5.84. The van der Waals surface area contributed by atoms with Gasteiger partial charge in [-0.25, -0.2) is 15.2 Å². The van der Waals surface area contributed by atoms with Crippen LogP contribution in [-0.4, -0.2) is 23.1 Å². The van der Waals surface area contributed by atoms with E-state index < -0.39 is 6.09 Å². The molecule has 1 aliphatic heterocycles. The van der Waals surface area contributed by atoms with Gasteiger partial charge in [-0.15, -0.1) is 0 Å². The van der Waals surface area contributed by atoms with Crippen LogP contribution in [0.4, 0.5) is 4.79 Å². The molecule has 1 aromatic rings. The molecule has 0 radical (unpaired) electrons. The first-order valence-corrected chi connectivity index (χ1v) is 6.54. The number of carbonyl (C=O) groups is 2. The zero-order chi connectivity index (χ0) is 13.2. The number of piperidine rings is 1. The SMILES string of the molecule is O=C(NN1C(=O)C2CCC1C2)OCc1ccccc1. The fourth-order valence-electron chi connectivity index (χ4n) is 2.79. The van der Waals surface area contributed by atoms with E-state index in [0.717, 1.165) is 24.8 Å². The third kappa shape index (κ3) is 2.41. The molecule has 2 bridgehead atoms. The van der Waals surface area contributed by atoms with Crippen LogP contribution in [0.15, 0.2) is 30.3 Å². The average Bonchev–Trinajstić information content (AvgIpc) is 3.01. The largest absolute Gasteiger partial charge is 0.443 e. The molecule has 1 saturated heterocycles. The van der Waals surface area contributed by atoms with Crippen LogP contribution in [0.5, 0.6) is 0 Å². The molecule has 1 saturated carbocycles. The number of amides is 2. The van der Waals surface area contributed by atoms with Crippen molar-refractivity contribution < 1.29 is 14.3 Å². The number of hydrogen-bond donors (Lipinski definition) is 1. The van der Waals surface area contributed by atoms with Crippen molar-refractivity contribution in [2.24, 2.45) is 5.92 Å². The number of nitrogens with zero attached hydrogens (tertiary/aromatic N) is 1. The molecule has 1 aliphatic carbocycles. The van der Waals surface area contributed by atoms with Gasteiger partial charge in [0.2, 0.25) is 5.91 Å². The van der Waals surface area contributed by atoms with Gasteiger partial charge in [-0.1, -0.05) is 30.3 Å². The Hall–Kier alpha value is -2.04. The van der Waals surface area contributed by atoms with Crippen molar-refractivity contribution in [3.8, 4) is 0 Å². The number of hydrazine groups is 1. The molecule has 5 heteroatoms. The van der Waals surface area contributed by atoms with Gasteiger partial charge in [-0.3, -0.25) is 4.79 Å². The Morgan fingerprint density at radius 1 is 1.32 bits per heavy atom. The number of ether oxygens (including phenoxy) is 1. The van der Waals surface area contributed by atoms with E-state index in [1.165, 1.54) is 5.01 Å². The molecule has 19 heavy (non-hydrogen) atoms. The quantitative estimate of drug-likeness (QED) is 0.902. The zero-order valence-corrected chi connectivity index (χ0v) is 10.5. The van der Waals surface area contributed by atoms with Crippen molar-refractivity contribution in [1.29, 1.82) is 0 Å². The predicted molar refractivity (Wildman–Crippen MR) is 67.7 cm³/mol. The Morgan fingerprint density at radius 3 is 2.79 bits per heavy atom. The maximum Gasteiger partial charge on any atom is 0.426 e. The van der Waals surface area contributed by atoms with E-state index in [0.29, 0.717) is 0 Å². The Kier molecular flexibility index (Phi) is 3.11. The predicted octanol–water partition coefficient (Wildman–Crippen LogP) is 1.84. The summed E-state index contributed by atoms with van der Waals surface area (Å²) in [6.45, 7) is 0.211. The van der Waals surface area contributed by atoms with E-state index in [4.69, 9.17) is 4.74 Å². The maximum atomic E-state index is 11.8. The Bertz CT molecular complexity index is 489. The second-order valence-electron chi connectivity index (χ2n) is 5.05. The van der Waals surface area contributed by atoms with Crippen LogP contribution in [0.1, 0.15) is 24.8 Å². The highest BCUT2D eigenvalue weighted by Crippen LogP contribution is 2.37. The second kappa shape index (κ2) is 4.91. The minimum Gasteiger partial charge on any atom is -0.443 e. The van der Waals surface area contributed by atoms with Crippen molar-refractivity contribution in [2.75, 3.05) is 0 Å².